The van der Waals surface area contributed by atoms with Gasteiger partial charge in [-0.1, -0.05) is 13.0 Å². The SMILES string of the molecule is CC(CN)CC(=O)N(Cc1ccco1)Cc1cccs1. The monoisotopic (exact) mass is 292 g/mol. The molecule has 2 N–H and O–H groups in total. The first kappa shape index (κ1) is 14.8. The number of thiophene rings is 1. The Kier molecular flexibility index (Phi) is 5.38. The molecular weight excluding hydrogens is 272 g/mol. The molecule has 108 valence electrons. The van der Waals surface area contributed by atoms with Crippen molar-refractivity contribution in [2.75, 3.05) is 6.54 Å². The topological polar surface area (TPSA) is 59.5 Å². The Bertz CT molecular complexity index is 472. The molecule has 0 saturated carbocycles. The Hall–Kier alpha value is -1.59. The average Bonchev–Trinajstić information content (AvgIpc) is 3.11. The molecule has 2 aromatic heterocycles. The van der Waals surface area contributed by atoms with E-state index in [4.69, 9.17) is 10.2 Å². The van der Waals surface area contributed by atoms with Crippen LogP contribution in [-0.4, -0.2) is 17.4 Å². The molecule has 2 aromatic rings. The number of hydrogen-bond donors (Lipinski definition) is 1. The van der Waals surface area contributed by atoms with Crippen molar-refractivity contribution >= 4 is 17.2 Å². The standard InChI is InChI=1S/C15H20N2O2S/c1-12(9-16)8-15(18)17(10-13-4-2-6-19-13)11-14-5-3-7-20-14/h2-7,12H,8-11,16H2,1H3. The molecule has 1 atom stereocenters. The van der Waals surface area contributed by atoms with E-state index in [1.807, 2.05) is 41.5 Å². The molecule has 0 aliphatic carbocycles. The summed E-state index contributed by atoms with van der Waals surface area (Å²) in [4.78, 5) is 15.4. The molecule has 5 heteroatoms. The Morgan fingerprint density at radius 3 is 2.85 bits per heavy atom. The summed E-state index contributed by atoms with van der Waals surface area (Å²) >= 11 is 1.66. The van der Waals surface area contributed by atoms with Crippen LogP contribution in [0.15, 0.2) is 40.3 Å². The summed E-state index contributed by atoms with van der Waals surface area (Å²) in [6.45, 7) is 3.64. The van der Waals surface area contributed by atoms with Gasteiger partial charge in [-0.3, -0.25) is 4.79 Å². The molecule has 2 rings (SSSR count). The van der Waals surface area contributed by atoms with Crippen molar-refractivity contribution in [3.05, 3.63) is 46.5 Å². The van der Waals surface area contributed by atoms with E-state index in [-0.39, 0.29) is 11.8 Å². The van der Waals surface area contributed by atoms with Gasteiger partial charge in [0.15, 0.2) is 0 Å². The molecule has 0 saturated heterocycles. The van der Waals surface area contributed by atoms with Crippen molar-refractivity contribution in [2.24, 2.45) is 11.7 Å². The molecule has 20 heavy (non-hydrogen) atoms. The van der Waals surface area contributed by atoms with Gasteiger partial charge in [-0.15, -0.1) is 11.3 Å². The van der Waals surface area contributed by atoms with Gasteiger partial charge in [0.1, 0.15) is 5.76 Å². The lowest BCUT2D eigenvalue weighted by Gasteiger charge is -2.22. The number of furan rings is 1. The summed E-state index contributed by atoms with van der Waals surface area (Å²) in [6, 6.07) is 7.77. The minimum Gasteiger partial charge on any atom is -0.467 e. The lowest BCUT2D eigenvalue weighted by atomic mass is 10.1. The highest BCUT2D eigenvalue weighted by Crippen LogP contribution is 2.17. The zero-order valence-corrected chi connectivity index (χ0v) is 12.4. The quantitative estimate of drug-likeness (QED) is 0.853. The van der Waals surface area contributed by atoms with Crippen LogP contribution in [0.25, 0.3) is 0 Å². The van der Waals surface area contributed by atoms with Crippen molar-refractivity contribution < 1.29 is 9.21 Å². The summed E-state index contributed by atoms with van der Waals surface area (Å²) < 4.78 is 5.35. The molecule has 0 aliphatic heterocycles. The molecule has 0 aliphatic rings. The first-order valence-electron chi connectivity index (χ1n) is 6.71. The van der Waals surface area contributed by atoms with Crippen molar-refractivity contribution in [1.29, 1.82) is 0 Å². The van der Waals surface area contributed by atoms with Gasteiger partial charge in [0, 0.05) is 11.3 Å². The van der Waals surface area contributed by atoms with E-state index >= 15 is 0 Å². The van der Waals surface area contributed by atoms with Crippen LogP contribution in [0.4, 0.5) is 0 Å². The second-order valence-electron chi connectivity index (χ2n) is 4.95. The molecule has 2 heterocycles. The minimum atomic E-state index is 0.118. The number of amides is 1. The van der Waals surface area contributed by atoms with Gasteiger partial charge in [-0.05, 0) is 36.0 Å². The summed E-state index contributed by atoms with van der Waals surface area (Å²) in [5.74, 6) is 1.12. The van der Waals surface area contributed by atoms with Gasteiger partial charge in [-0.25, -0.2) is 0 Å². The molecule has 4 nitrogen and oxygen atoms in total. The van der Waals surface area contributed by atoms with Crippen LogP contribution < -0.4 is 5.73 Å². The second kappa shape index (κ2) is 7.26. The van der Waals surface area contributed by atoms with Crippen molar-refractivity contribution in [3.8, 4) is 0 Å². The lowest BCUT2D eigenvalue weighted by Crippen LogP contribution is -2.32. The van der Waals surface area contributed by atoms with Crippen LogP contribution in [0.1, 0.15) is 24.0 Å². The largest absolute Gasteiger partial charge is 0.467 e. The van der Waals surface area contributed by atoms with E-state index in [9.17, 15) is 4.79 Å². The van der Waals surface area contributed by atoms with Crippen LogP contribution in [0, 0.1) is 5.92 Å². The van der Waals surface area contributed by atoms with Gasteiger partial charge >= 0.3 is 0 Å². The Labute approximate surface area is 123 Å². The fraction of sp³-hybridized carbons (Fsp3) is 0.400. The Balaban J connectivity index is 2.04. The Morgan fingerprint density at radius 2 is 2.25 bits per heavy atom. The maximum atomic E-state index is 12.4. The zero-order chi connectivity index (χ0) is 14.4. The van der Waals surface area contributed by atoms with Crippen LogP contribution in [0.5, 0.6) is 0 Å². The number of hydrogen-bond acceptors (Lipinski definition) is 4. The Morgan fingerprint density at radius 1 is 1.40 bits per heavy atom. The van der Waals surface area contributed by atoms with Crippen molar-refractivity contribution in [2.45, 2.75) is 26.4 Å². The van der Waals surface area contributed by atoms with Gasteiger partial charge in [0.05, 0.1) is 19.4 Å². The molecule has 1 amide bonds. The molecular formula is C15H20N2O2S. The van der Waals surface area contributed by atoms with Gasteiger partial charge in [0.25, 0.3) is 0 Å². The third-order valence-corrected chi connectivity index (χ3v) is 3.99. The van der Waals surface area contributed by atoms with Gasteiger partial charge in [0.2, 0.25) is 5.91 Å². The maximum absolute atomic E-state index is 12.4. The highest BCUT2D eigenvalue weighted by Gasteiger charge is 2.18. The average molecular weight is 292 g/mol. The van der Waals surface area contributed by atoms with E-state index in [1.54, 1.807) is 17.6 Å². The summed E-state index contributed by atoms with van der Waals surface area (Å²) in [7, 11) is 0. The molecule has 0 radical (unpaired) electrons. The number of carbonyl (C=O) groups is 1. The normalized spacial score (nSPS) is 12.3. The summed E-state index contributed by atoms with van der Waals surface area (Å²) in [5, 5.41) is 2.02. The molecule has 0 bridgehead atoms. The van der Waals surface area contributed by atoms with Crippen LogP contribution in [0.3, 0.4) is 0 Å². The van der Waals surface area contributed by atoms with Gasteiger partial charge in [-0.2, -0.15) is 0 Å². The predicted octanol–water partition coefficient (Wildman–Crippen LogP) is 2.85. The van der Waals surface area contributed by atoms with E-state index in [2.05, 4.69) is 0 Å². The minimum absolute atomic E-state index is 0.118. The number of nitrogens with two attached hydrogens (primary N) is 1. The van der Waals surface area contributed by atoms with E-state index in [1.165, 1.54) is 4.88 Å². The highest BCUT2D eigenvalue weighted by molar-refractivity contribution is 7.09. The number of nitrogens with zero attached hydrogens (tertiary/aromatic N) is 1. The number of carbonyl (C=O) groups excluding carboxylic acids is 1. The van der Waals surface area contributed by atoms with E-state index in [0.29, 0.717) is 26.1 Å². The molecule has 0 fully saturated rings. The third-order valence-electron chi connectivity index (χ3n) is 3.13. The smallest absolute Gasteiger partial charge is 0.223 e. The zero-order valence-electron chi connectivity index (χ0n) is 11.6. The first-order valence-corrected chi connectivity index (χ1v) is 7.59. The second-order valence-corrected chi connectivity index (χ2v) is 5.99. The van der Waals surface area contributed by atoms with E-state index in [0.717, 1.165) is 5.76 Å². The van der Waals surface area contributed by atoms with Crippen LogP contribution in [-0.2, 0) is 17.9 Å². The fourth-order valence-electron chi connectivity index (χ4n) is 1.92. The molecule has 1 unspecified atom stereocenters. The first-order chi connectivity index (χ1) is 9.69. The fourth-order valence-corrected chi connectivity index (χ4v) is 2.64. The predicted molar refractivity (Wildman–Crippen MR) is 80.1 cm³/mol. The highest BCUT2D eigenvalue weighted by atomic mass is 32.1. The summed E-state index contributed by atoms with van der Waals surface area (Å²) in [5.41, 5.74) is 5.61. The lowest BCUT2D eigenvalue weighted by molar-refractivity contribution is -0.133. The van der Waals surface area contributed by atoms with E-state index < -0.39 is 0 Å². The number of rotatable bonds is 7. The van der Waals surface area contributed by atoms with Crippen molar-refractivity contribution in [1.82, 2.24) is 4.90 Å². The summed E-state index contributed by atoms with van der Waals surface area (Å²) in [6.07, 6.45) is 2.11. The van der Waals surface area contributed by atoms with Gasteiger partial charge < -0.3 is 15.1 Å². The molecule has 0 aromatic carbocycles. The van der Waals surface area contributed by atoms with Crippen LogP contribution in [0.2, 0.25) is 0 Å². The van der Waals surface area contributed by atoms with Crippen LogP contribution >= 0.6 is 11.3 Å². The third kappa shape index (κ3) is 4.21. The maximum Gasteiger partial charge on any atom is 0.223 e. The molecule has 0 spiro atoms. The van der Waals surface area contributed by atoms with Crippen molar-refractivity contribution in [3.63, 3.8) is 0 Å².